The van der Waals surface area contributed by atoms with E-state index in [9.17, 15) is 0 Å². The predicted octanol–water partition coefficient (Wildman–Crippen LogP) is 0.951. The lowest BCUT2D eigenvalue weighted by atomic mass is 9.90. The standard InChI is InChI=1S/C12H24N2O/c1-9-10(2)12(15-11(9)3)8-14-6-4-13-5-7-14/h9-13H,4-8H2,1-3H3/t9-,10+,11+,12-/m1/s1. The third kappa shape index (κ3) is 2.52. The monoisotopic (exact) mass is 212 g/mol. The van der Waals surface area contributed by atoms with Gasteiger partial charge in [-0.2, -0.15) is 0 Å². The maximum Gasteiger partial charge on any atom is 0.0734 e. The molecule has 0 amide bonds. The maximum absolute atomic E-state index is 6.03. The van der Waals surface area contributed by atoms with Crippen molar-refractivity contribution in [2.45, 2.75) is 33.0 Å². The lowest BCUT2D eigenvalue weighted by Crippen LogP contribution is -2.47. The number of nitrogens with zero attached hydrogens (tertiary/aromatic N) is 1. The van der Waals surface area contributed by atoms with Gasteiger partial charge in [-0.05, 0) is 18.8 Å². The van der Waals surface area contributed by atoms with Crippen LogP contribution in [0.2, 0.25) is 0 Å². The van der Waals surface area contributed by atoms with Crippen LogP contribution in [0.25, 0.3) is 0 Å². The van der Waals surface area contributed by atoms with Gasteiger partial charge in [-0.15, -0.1) is 0 Å². The Morgan fingerprint density at radius 3 is 2.33 bits per heavy atom. The number of hydrogen-bond donors (Lipinski definition) is 1. The van der Waals surface area contributed by atoms with E-state index < -0.39 is 0 Å². The molecule has 2 fully saturated rings. The highest BCUT2D eigenvalue weighted by Crippen LogP contribution is 2.32. The van der Waals surface area contributed by atoms with Crippen LogP contribution in [0.4, 0.5) is 0 Å². The van der Waals surface area contributed by atoms with Crippen LogP contribution in [-0.2, 0) is 4.74 Å². The molecule has 3 nitrogen and oxygen atoms in total. The van der Waals surface area contributed by atoms with Gasteiger partial charge in [-0.3, -0.25) is 4.90 Å². The first-order chi connectivity index (χ1) is 7.18. The largest absolute Gasteiger partial charge is 0.373 e. The van der Waals surface area contributed by atoms with Crippen molar-refractivity contribution < 1.29 is 4.74 Å². The Hall–Kier alpha value is -0.120. The van der Waals surface area contributed by atoms with Crippen LogP contribution >= 0.6 is 0 Å². The minimum Gasteiger partial charge on any atom is -0.373 e. The lowest BCUT2D eigenvalue weighted by Gasteiger charge is -2.30. The molecule has 1 N–H and O–H groups in total. The Labute approximate surface area is 93.2 Å². The molecule has 88 valence electrons. The van der Waals surface area contributed by atoms with E-state index in [1.807, 2.05) is 0 Å². The molecule has 0 spiro atoms. The van der Waals surface area contributed by atoms with Crippen LogP contribution in [0, 0.1) is 11.8 Å². The zero-order valence-electron chi connectivity index (χ0n) is 10.2. The Balaban J connectivity index is 1.83. The second-order valence-corrected chi connectivity index (χ2v) is 5.15. The molecule has 0 bridgehead atoms. The number of nitrogens with one attached hydrogen (secondary N) is 1. The molecule has 2 heterocycles. The molecule has 0 aromatic heterocycles. The van der Waals surface area contributed by atoms with Gasteiger partial charge in [0.25, 0.3) is 0 Å². The average Bonchev–Trinajstić information content (AvgIpc) is 2.48. The number of ether oxygens (including phenoxy) is 1. The van der Waals surface area contributed by atoms with Crippen LogP contribution in [0.3, 0.4) is 0 Å². The summed E-state index contributed by atoms with van der Waals surface area (Å²) in [5.74, 6) is 1.41. The fourth-order valence-electron chi connectivity index (χ4n) is 2.65. The first-order valence-electron chi connectivity index (χ1n) is 6.27. The molecule has 0 aliphatic carbocycles. The van der Waals surface area contributed by atoms with E-state index in [1.165, 1.54) is 13.1 Å². The molecule has 2 rings (SSSR count). The molecule has 4 atom stereocenters. The fraction of sp³-hybridized carbons (Fsp3) is 1.00. The maximum atomic E-state index is 6.03. The molecule has 2 aliphatic rings. The van der Waals surface area contributed by atoms with Crippen molar-refractivity contribution in [3.05, 3.63) is 0 Å². The molecule has 0 aromatic carbocycles. The number of piperazine rings is 1. The predicted molar refractivity (Wildman–Crippen MR) is 62.0 cm³/mol. The van der Waals surface area contributed by atoms with E-state index in [0.29, 0.717) is 24.0 Å². The highest BCUT2D eigenvalue weighted by atomic mass is 16.5. The summed E-state index contributed by atoms with van der Waals surface area (Å²) in [7, 11) is 0. The summed E-state index contributed by atoms with van der Waals surface area (Å²) < 4.78 is 6.03. The second-order valence-electron chi connectivity index (χ2n) is 5.15. The van der Waals surface area contributed by atoms with Gasteiger partial charge < -0.3 is 10.1 Å². The fourth-order valence-corrected chi connectivity index (χ4v) is 2.65. The molecular formula is C12H24N2O. The second kappa shape index (κ2) is 4.81. The molecule has 2 saturated heterocycles. The van der Waals surface area contributed by atoms with Crippen molar-refractivity contribution in [3.63, 3.8) is 0 Å². The highest BCUT2D eigenvalue weighted by molar-refractivity contribution is 4.86. The zero-order valence-corrected chi connectivity index (χ0v) is 10.2. The van der Waals surface area contributed by atoms with Crippen molar-refractivity contribution >= 4 is 0 Å². The highest BCUT2D eigenvalue weighted by Gasteiger charge is 2.37. The van der Waals surface area contributed by atoms with Gasteiger partial charge >= 0.3 is 0 Å². The summed E-state index contributed by atoms with van der Waals surface area (Å²) in [5.41, 5.74) is 0. The Morgan fingerprint density at radius 2 is 1.80 bits per heavy atom. The lowest BCUT2D eigenvalue weighted by molar-refractivity contribution is 0.0160. The molecule has 15 heavy (non-hydrogen) atoms. The Bertz CT molecular complexity index is 204. The topological polar surface area (TPSA) is 24.5 Å². The smallest absolute Gasteiger partial charge is 0.0734 e. The summed E-state index contributed by atoms with van der Waals surface area (Å²) >= 11 is 0. The van der Waals surface area contributed by atoms with Gasteiger partial charge in [0, 0.05) is 32.7 Å². The van der Waals surface area contributed by atoms with Gasteiger partial charge in [0.2, 0.25) is 0 Å². The van der Waals surface area contributed by atoms with Gasteiger partial charge in [0.15, 0.2) is 0 Å². The molecule has 2 aliphatic heterocycles. The van der Waals surface area contributed by atoms with Crippen LogP contribution < -0.4 is 5.32 Å². The average molecular weight is 212 g/mol. The van der Waals surface area contributed by atoms with Crippen LogP contribution in [0.1, 0.15) is 20.8 Å². The molecule has 0 saturated carbocycles. The van der Waals surface area contributed by atoms with E-state index in [0.717, 1.165) is 19.6 Å². The third-order valence-electron chi connectivity index (χ3n) is 4.19. The van der Waals surface area contributed by atoms with E-state index in [2.05, 4.69) is 31.0 Å². The van der Waals surface area contributed by atoms with Crippen molar-refractivity contribution in [2.24, 2.45) is 11.8 Å². The quantitative estimate of drug-likeness (QED) is 0.737. The van der Waals surface area contributed by atoms with Crippen molar-refractivity contribution in [2.75, 3.05) is 32.7 Å². The molecule has 0 aromatic rings. The number of hydrogen-bond acceptors (Lipinski definition) is 3. The van der Waals surface area contributed by atoms with Gasteiger partial charge in [0.05, 0.1) is 12.2 Å². The van der Waals surface area contributed by atoms with Crippen LogP contribution in [0.5, 0.6) is 0 Å². The summed E-state index contributed by atoms with van der Waals surface area (Å²) in [6, 6.07) is 0. The third-order valence-corrected chi connectivity index (χ3v) is 4.19. The van der Waals surface area contributed by atoms with Gasteiger partial charge in [0.1, 0.15) is 0 Å². The zero-order chi connectivity index (χ0) is 10.8. The summed E-state index contributed by atoms with van der Waals surface area (Å²) in [4.78, 5) is 2.53. The van der Waals surface area contributed by atoms with Crippen LogP contribution in [0.15, 0.2) is 0 Å². The normalized spacial score (nSPS) is 43.4. The SMILES string of the molecule is C[C@@H]1[C@H](C)[C@@H](CN2CCNCC2)O[C@H]1C. The molecule has 3 heteroatoms. The van der Waals surface area contributed by atoms with Crippen LogP contribution in [-0.4, -0.2) is 49.8 Å². The van der Waals surface area contributed by atoms with Gasteiger partial charge in [-0.25, -0.2) is 0 Å². The van der Waals surface area contributed by atoms with E-state index in [4.69, 9.17) is 4.74 Å². The minimum atomic E-state index is 0.438. The van der Waals surface area contributed by atoms with E-state index >= 15 is 0 Å². The molecular weight excluding hydrogens is 188 g/mol. The summed E-state index contributed by atoms with van der Waals surface area (Å²) in [5, 5.41) is 3.39. The van der Waals surface area contributed by atoms with Crippen molar-refractivity contribution in [3.8, 4) is 0 Å². The Morgan fingerprint density at radius 1 is 1.13 bits per heavy atom. The first kappa shape index (κ1) is 11.4. The van der Waals surface area contributed by atoms with E-state index in [1.54, 1.807) is 0 Å². The van der Waals surface area contributed by atoms with Gasteiger partial charge in [-0.1, -0.05) is 13.8 Å². The molecule has 0 radical (unpaired) electrons. The first-order valence-corrected chi connectivity index (χ1v) is 6.27. The summed E-state index contributed by atoms with van der Waals surface area (Å²) in [6.07, 6.45) is 0.890. The molecule has 0 unspecified atom stereocenters. The Kier molecular flexibility index (Phi) is 3.65. The minimum absolute atomic E-state index is 0.438. The van der Waals surface area contributed by atoms with Crippen molar-refractivity contribution in [1.29, 1.82) is 0 Å². The van der Waals surface area contributed by atoms with Crippen molar-refractivity contribution in [1.82, 2.24) is 10.2 Å². The summed E-state index contributed by atoms with van der Waals surface area (Å²) in [6.45, 7) is 12.6. The van der Waals surface area contributed by atoms with E-state index in [-0.39, 0.29) is 0 Å². The number of rotatable bonds is 2.